The Morgan fingerprint density at radius 3 is 1.25 bits per heavy atom. The summed E-state index contributed by atoms with van der Waals surface area (Å²) in [4.78, 5) is 0. The van der Waals surface area contributed by atoms with Crippen LogP contribution in [-0.4, -0.2) is 38.6 Å². The first-order valence-corrected chi connectivity index (χ1v) is 17.7. The third kappa shape index (κ3) is 21.3. The van der Waals surface area contributed by atoms with E-state index in [9.17, 15) is 10.2 Å². The van der Waals surface area contributed by atoms with E-state index in [-0.39, 0.29) is 0 Å². The van der Waals surface area contributed by atoms with E-state index < -0.39 is 28.4 Å². The van der Waals surface area contributed by atoms with E-state index in [0.29, 0.717) is 0 Å². The Kier molecular flexibility index (Phi) is 14.3. The quantitative estimate of drug-likeness (QED) is 0.195. The van der Waals surface area contributed by atoms with Gasteiger partial charge in [-0.2, -0.15) is 0 Å². The molecule has 0 aromatic carbocycles. The summed E-state index contributed by atoms with van der Waals surface area (Å²) >= 11 is 0. The first kappa shape index (κ1) is 27.0. The molecule has 0 aliphatic rings. The average Bonchev–Trinajstić information content (AvgIpc) is 2.58. The molecule has 2 atom stereocenters. The summed E-state index contributed by atoms with van der Waals surface area (Å²) in [6.45, 7) is 13.2. The van der Waals surface area contributed by atoms with Gasteiger partial charge < -0.3 is 10.2 Å². The van der Waals surface area contributed by atoms with E-state index in [2.05, 4.69) is 86.5 Å². The minimum Gasteiger partial charge on any atom is -0.380 e. The van der Waals surface area contributed by atoms with Crippen LogP contribution in [0, 0.1) is 22.9 Å². The molecule has 158 valence electrons. The summed E-state index contributed by atoms with van der Waals surface area (Å²) in [5.74, 6) is 5.98. The zero-order valence-corrected chi connectivity index (χ0v) is 21.0. The van der Waals surface area contributed by atoms with Crippen LogP contribution < -0.4 is 0 Å². The van der Waals surface area contributed by atoms with Crippen LogP contribution in [0.1, 0.15) is 51.4 Å². The molecule has 0 saturated heterocycles. The highest BCUT2D eigenvalue weighted by molar-refractivity contribution is 6.84. The number of hydrogen-bond donors (Lipinski definition) is 2. The highest BCUT2D eigenvalue weighted by Gasteiger charge is 2.09. The minimum atomic E-state index is -1.38. The second-order valence-corrected chi connectivity index (χ2v) is 19.0. The third-order valence-corrected chi connectivity index (χ3v) is 5.55. The van der Waals surface area contributed by atoms with Gasteiger partial charge in [0.1, 0.15) is 28.4 Å². The fourth-order valence-electron chi connectivity index (χ4n) is 2.27. The van der Waals surface area contributed by atoms with Crippen molar-refractivity contribution < 1.29 is 10.2 Å². The number of aliphatic hydroxyl groups is 2. The van der Waals surface area contributed by atoms with Gasteiger partial charge in [-0.15, -0.1) is 11.1 Å². The lowest BCUT2D eigenvalue weighted by Gasteiger charge is -2.06. The first-order valence-electron chi connectivity index (χ1n) is 10.7. The van der Waals surface area contributed by atoms with Gasteiger partial charge in [0.2, 0.25) is 0 Å². The van der Waals surface area contributed by atoms with Crippen LogP contribution in [0.5, 0.6) is 0 Å². The van der Waals surface area contributed by atoms with Crippen LogP contribution in [0.15, 0.2) is 24.3 Å². The summed E-state index contributed by atoms with van der Waals surface area (Å²) in [5.41, 5.74) is 6.45. The van der Waals surface area contributed by atoms with E-state index in [1.54, 1.807) is 0 Å². The highest BCUT2D eigenvalue weighted by Crippen LogP contribution is 2.06. The summed E-state index contributed by atoms with van der Waals surface area (Å²) < 4.78 is 0. The van der Waals surface area contributed by atoms with Crippen molar-refractivity contribution in [2.45, 2.75) is 103 Å². The Balaban J connectivity index is 3.69. The van der Waals surface area contributed by atoms with Crippen LogP contribution in [-0.2, 0) is 0 Å². The second-order valence-electron chi connectivity index (χ2n) is 9.45. The number of allylic oxidation sites excluding steroid dienone is 4. The van der Waals surface area contributed by atoms with Crippen molar-refractivity contribution in [1.29, 1.82) is 0 Å². The maximum absolute atomic E-state index is 9.85. The van der Waals surface area contributed by atoms with Crippen molar-refractivity contribution in [2.24, 2.45) is 0 Å². The lowest BCUT2D eigenvalue weighted by Crippen LogP contribution is -2.17. The molecular weight excluding hydrogens is 376 g/mol. The van der Waals surface area contributed by atoms with Crippen LogP contribution in [0.4, 0.5) is 0 Å². The molecule has 0 heterocycles. The Labute approximate surface area is 176 Å². The average molecular weight is 419 g/mol. The van der Waals surface area contributed by atoms with Gasteiger partial charge in [0.25, 0.3) is 0 Å². The monoisotopic (exact) mass is 418 g/mol. The molecule has 0 aliphatic heterocycles. The van der Waals surface area contributed by atoms with Crippen molar-refractivity contribution in [3.63, 3.8) is 0 Å². The van der Waals surface area contributed by atoms with Gasteiger partial charge in [0.15, 0.2) is 0 Å². The van der Waals surface area contributed by atoms with Crippen LogP contribution >= 0.6 is 0 Å². The summed E-state index contributed by atoms with van der Waals surface area (Å²) in [5, 5.41) is 19.7. The Morgan fingerprint density at radius 1 is 0.607 bits per heavy atom. The number of rotatable bonds is 11. The highest BCUT2D eigenvalue weighted by atomic mass is 28.3. The molecule has 0 bridgehead atoms. The number of unbranched alkanes of at least 4 members (excludes halogenated alkanes) is 3. The van der Waals surface area contributed by atoms with E-state index in [1.807, 2.05) is 0 Å². The zero-order chi connectivity index (χ0) is 21.5. The SMILES string of the molecule is C[Si](C)(C)C#CC(O)CCC/C=C\CC/C=C\CCCC(O)C#C[Si](C)(C)C. The Bertz CT molecular complexity index is 533. The van der Waals surface area contributed by atoms with Crippen molar-refractivity contribution in [3.8, 4) is 22.9 Å². The van der Waals surface area contributed by atoms with E-state index in [4.69, 9.17) is 0 Å². The Morgan fingerprint density at radius 2 is 0.929 bits per heavy atom. The lowest BCUT2D eigenvalue weighted by atomic mass is 10.1. The van der Waals surface area contributed by atoms with Gasteiger partial charge in [0.05, 0.1) is 0 Å². The molecule has 4 heteroatoms. The summed E-state index contributed by atoms with van der Waals surface area (Å²) in [7, 11) is -2.75. The molecule has 0 fully saturated rings. The van der Waals surface area contributed by atoms with Crippen molar-refractivity contribution >= 4 is 16.1 Å². The van der Waals surface area contributed by atoms with E-state index >= 15 is 0 Å². The molecule has 28 heavy (non-hydrogen) atoms. The lowest BCUT2D eigenvalue weighted by molar-refractivity contribution is 0.219. The predicted octanol–water partition coefficient (Wildman–Crippen LogP) is 5.70. The molecule has 0 aromatic heterocycles. The standard InChI is InChI=1S/C24H42O2Si2/c1-27(2,3)21-19-23(25)17-15-13-11-9-7-8-10-12-14-16-18-24(26)20-22-28(4,5)6/h9-12,23-26H,7-8,13-18H2,1-6H3/b11-9-,12-10-. The van der Waals surface area contributed by atoms with Gasteiger partial charge in [-0.3, -0.25) is 0 Å². The fraction of sp³-hybridized carbons (Fsp3) is 0.667. The van der Waals surface area contributed by atoms with Gasteiger partial charge in [-0.05, 0) is 51.4 Å². The molecule has 2 N–H and O–H groups in total. The smallest absolute Gasteiger partial charge is 0.129 e. The van der Waals surface area contributed by atoms with Gasteiger partial charge in [0, 0.05) is 0 Å². The van der Waals surface area contributed by atoms with Crippen LogP contribution in [0.25, 0.3) is 0 Å². The van der Waals surface area contributed by atoms with Crippen molar-refractivity contribution in [3.05, 3.63) is 24.3 Å². The first-order chi connectivity index (χ1) is 13.0. The van der Waals surface area contributed by atoms with Crippen LogP contribution in [0.2, 0.25) is 39.3 Å². The molecule has 0 aromatic rings. The number of hydrogen-bond acceptors (Lipinski definition) is 2. The molecule has 0 rings (SSSR count). The van der Waals surface area contributed by atoms with Crippen LogP contribution in [0.3, 0.4) is 0 Å². The molecule has 0 saturated carbocycles. The maximum Gasteiger partial charge on any atom is 0.129 e. The van der Waals surface area contributed by atoms with Gasteiger partial charge >= 0.3 is 0 Å². The predicted molar refractivity (Wildman–Crippen MR) is 129 cm³/mol. The fourth-order valence-corrected chi connectivity index (χ4v) is 3.47. The van der Waals surface area contributed by atoms with Crippen molar-refractivity contribution in [1.82, 2.24) is 0 Å². The largest absolute Gasteiger partial charge is 0.380 e. The topological polar surface area (TPSA) is 40.5 Å². The second kappa shape index (κ2) is 14.9. The molecule has 0 spiro atoms. The number of aliphatic hydroxyl groups excluding tert-OH is 2. The molecular formula is C24H42O2Si2. The molecule has 2 unspecified atom stereocenters. The van der Waals surface area contributed by atoms with Crippen molar-refractivity contribution in [2.75, 3.05) is 0 Å². The Hall–Kier alpha value is -1.05. The van der Waals surface area contributed by atoms with Gasteiger partial charge in [-0.25, -0.2) is 0 Å². The van der Waals surface area contributed by atoms with Gasteiger partial charge in [-0.1, -0.05) is 75.4 Å². The maximum atomic E-state index is 9.85. The molecule has 0 amide bonds. The zero-order valence-electron chi connectivity index (χ0n) is 19.0. The van der Waals surface area contributed by atoms with E-state index in [0.717, 1.165) is 51.4 Å². The third-order valence-electron chi connectivity index (χ3n) is 3.76. The minimum absolute atomic E-state index is 0.469. The molecule has 2 nitrogen and oxygen atoms in total. The molecule has 0 aliphatic carbocycles. The normalized spacial score (nSPS) is 14.4. The van der Waals surface area contributed by atoms with E-state index in [1.165, 1.54) is 0 Å². The summed E-state index contributed by atoms with van der Waals surface area (Å²) in [6.07, 6.45) is 15.5. The summed E-state index contributed by atoms with van der Waals surface area (Å²) in [6, 6.07) is 0. The molecule has 0 radical (unpaired) electrons.